The Morgan fingerprint density at radius 1 is 1.11 bits per heavy atom. The third-order valence-electron chi connectivity index (χ3n) is 4.51. The number of anilines is 3. The molecule has 142 valence electrons. The summed E-state index contributed by atoms with van der Waals surface area (Å²) in [4.78, 5) is 22.7. The number of para-hydroxylation sites is 1. The minimum atomic E-state index is -4.25. The lowest BCUT2D eigenvalue weighted by Gasteiger charge is -2.16. The van der Waals surface area contributed by atoms with Crippen LogP contribution in [0.1, 0.15) is 5.56 Å². The van der Waals surface area contributed by atoms with Crippen molar-refractivity contribution >= 4 is 33.3 Å². The minimum absolute atomic E-state index is 0.0451. The van der Waals surface area contributed by atoms with Crippen LogP contribution in [-0.2, 0) is 21.3 Å². The number of nitrogens with zero attached hydrogens (tertiary/aromatic N) is 3. The summed E-state index contributed by atoms with van der Waals surface area (Å²) >= 11 is 0. The van der Waals surface area contributed by atoms with E-state index in [1.807, 2.05) is 24.3 Å². The molecule has 1 amide bonds. The van der Waals surface area contributed by atoms with Gasteiger partial charge in [-0.15, -0.1) is 0 Å². The summed E-state index contributed by atoms with van der Waals surface area (Å²) < 4.78 is 31.3. The zero-order chi connectivity index (χ0) is 19.9. The highest BCUT2D eigenvalue weighted by atomic mass is 32.2. The van der Waals surface area contributed by atoms with Crippen LogP contribution >= 0.6 is 0 Å². The monoisotopic (exact) mass is 396 g/mol. The maximum absolute atomic E-state index is 12.4. The molecule has 4 rings (SSSR count). The Bertz CT molecular complexity index is 1180. The molecule has 2 N–H and O–H groups in total. The molecule has 1 aromatic heterocycles. The summed E-state index contributed by atoms with van der Waals surface area (Å²) in [6.45, 7) is 0. The number of nitrogens with one attached hydrogen (secondary N) is 1. The Balaban J connectivity index is 1.72. The summed E-state index contributed by atoms with van der Waals surface area (Å²) in [6, 6.07) is 13.1. The number of carbonyl (C=O) groups excluding carboxylic acids is 1. The van der Waals surface area contributed by atoms with E-state index in [1.165, 1.54) is 24.3 Å². The van der Waals surface area contributed by atoms with E-state index in [-0.39, 0.29) is 17.2 Å². The maximum Gasteiger partial charge on any atom is 0.294 e. The van der Waals surface area contributed by atoms with Crippen molar-refractivity contribution in [3.8, 4) is 11.3 Å². The number of amides is 1. The third kappa shape index (κ3) is 3.32. The molecular weight excluding hydrogens is 380 g/mol. The quantitative estimate of drug-likeness (QED) is 0.655. The topological polar surface area (TPSA) is 112 Å². The van der Waals surface area contributed by atoms with E-state index in [1.54, 1.807) is 18.1 Å². The molecule has 28 heavy (non-hydrogen) atoms. The first-order chi connectivity index (χ1) is 13.3. The molecule has 1 aliphatic rings. The van der Waals surface area contributed by atoms with E-state index >= 15 is 0 Å². The van der Waals surface area contributed by atoms with Gasteiger partial charge < -0.3 is 10.2 Å². The number of fused-ring (bicyclic) bond motifs is 3. The van der Waals surface area contributed by atoms with Crippen LogP contribution in [0.2, 0.25) is 0 Å². The van der Waals surface area contributed by atoms with Crippen molar-refractivity contribution in [2.45, 2.75) is 11.3 Å². The van der Waals surface area contributed by atoms with Gasteiger partial charge >= 0.3 is 0 Å². The van der Waals surface area contributed by atoms with E-state index < -0.39 is 10.1 Å². The molecule has 1 aliphatic heterocycles. The Morgan fingerprint density at radius 2 is 1.82 bits per heavy atom. The van der Waals surface area contributed by atoms with Gasteiger partial charge in [0.2, 0.25) is 11.9 Å². The normalized spacial score (nSPS) is 13.5. The third-order valence-corrected chi connectivity index (χ3v) is 5.38. The second-order valence-electron chi connectivity index (χ2n) is 6.34. The van der Waals surface area contributed by atoms with Crippen LogP contribution in [0.15, 0.2) is 59.6 Å². The zero-order valence-electron chi connectivity index (χ0n) is 14.8. The van der Waals surface area contributed by atoms with Gasteiger partial charge in [0, 0.05) is 30.1 Å². The average molecular weight is 396 g/mol. The van der Waals surface area contributed by atoms with Crippen molar-refractivity contribution in [3.05, 3.63) is 60.3 Å². The van der Waals surface area contributed by atoms with Crippen molar-refractivity contribution in [1.29, 1.82) is 0 Å². The van der Waals surface area contributed by atoms with Crippen LogP contribution < -0.4 is 10.2 Å². The molecule has 0 bridgehead atoms. The van der Waals surface area contributed by atoms with Crippen molar-refractivity contribution in [1.82, 2.24) is 9.97 Å². The van der Waals surface area contributed by atoms with Gasteiger partial charge in [-0.3, -0.25) is 9.35 Å². The van der Waals surface area contributed by atoms with Gasteiger partial charge in [0.25, 0.3) is 10.1 Å². The van der Waals surface area contributed by atoms with E-state index in [0.29, 0.717) is 17.3 Å². The van der Waals surface area contributed by atoms with E-state index in [2.05, 4.69) is 15.3 Å². The molecule has 0 spiro atoms. The first-order valence-corrected chi connectivity index (χ1v) is 9.83. The summed E-state index contributed by atoms with van der Waals surface area (Å²) in [6.07, 6.45) is 1.81. The smallest absolute Gasteiger partial charge is 0.294 e. The first-order valence-electron chi connectivity index (χ1n) is 8.39. The Hall–Kier alpha value is -3.30. The Labute approximate surface area is 161 Å². The number of rotatable bonds is 3. The van der Waals surface area contributed by atoms with Crippen LogP contribution in [0.25, 0.3) is 11.3 Å². The standard InChI is InChI=1S/C19H16N4O4S/c1-23-16-5-3-2-4-15(16)18-12(10-17(23)24)11-20-19(22-18)21-13-6-8-14(9-7-13)28(25,26)27/h2-9,11H,10H2,1H3,(H,20,21,22)(H,25,26,27). The highest BCUT2D eigenvalue weighted by molar-refractivity contribution is 7.85. The van der Waals surface area contributed by atoms with Crippen molar-refractivity contribution in [3.63, 3.8) is 0 Å². The molecule has 0 saturated carbocycles. The van der Waals surface area contributed by atoms with E-state index in [9.17, 15) is 13.2 Å². The highest BCUT2D eigenvalue weighted by Crippen LogP contribution is 2.35. The number of benzene rings is 2. The van der Waals surface area contributed by atoms with Crippen molar-refractivity contribution in [2.24, 2.45) is 0 Å². The predicted octanol–water partition coefficient (Wildman–Crippen LogP) is 2.65. The van der Waals surface area contributed by atoms with Crippen LogP contribution in [-0.4, -0.2) is 35.9 Å². The van der Waals surface area contributed by atoms with Gasteiger partial charge in [-0.25, -0.2) is 9.97 Å². The number of hydrogen-bond donors (Lipinski definition) is 2. The fraction of sp³-hybridized carbons (Fsp3) is 0.105. The average Bonchev–Trinajstić information content (AvgIpc) is 2.77. The maximum atomic E-state index is 12.4. The Morgan fingerprint density at radius 3 is 2.54 bits per heavy atom. The van der Waals surface area contributed by atoms with E-state index in [0.717, 1.165) is 16.8 Å². The van der Waals surface area contributed by atoms with Gasteiger partial charge in [-0.2, -0.15) is 8.42 Å². The molecule has 8 nitrogen and oxygen atoms in total. The summed E-state index contributed by atoms with van der Waals surface area (Å²) in [5.74, 6) is 0.265. The van der Waals surface area contributed by atoms with Crippen LogP contribution in [0.4, 0.5) is 17.3 Å². The van der Waals surface area contributed by atoms with Crippen LogP contribution in [0, 0.1) is 0 Å². The fourth-order valence-corrected chi connectivity index (χ4v) is 3.53. The second kappa shape index (κ2) is 6.70. The minimum Gasteiger partial charge on any atom is -0.324 e. The summed E-state index contributed by atoms with van der Waals surface area (Å²) in [5, 5.41) is 3.01. The number of carbonyl (C=O) groups is 1. The second-order valence-corrected chi connectivity index (χ2v) is 7.76. The summed E-state index contributed by atoms with van der Waals surface area (Å²) in [7, 11) is -2.52. The first kappa shape index (κ1) is 18.1. The largest absolute Gasteiger partial charge is 0.324 e. The molecule has 2 aromatic carbocycles. The highest BCUT2D eigenvalue weighted by Gasteiger charge is 2.24. The van der Waals surface area contributed by atoms with E-state index in [4.69, 9.17) is 4.55 Å². The van der Waals surface area contributed by atoms with Gasteiger partial charge in [-0.05, 0) is 30.3 Å². The lowest BCUT2D eigenvalue weighted by atomic mass is 10.1. The zero-order valence-corrected chi connectivity index (χ0v) is 15.6. The van der Waals surface area contributed by atoms with Gasteiger partial charge in [0.15, 0.2) is 0 Å². The molecule has 0 radical (unpaired) electrons. The van der Waals surface area contributed by atoms with Crippen molar-refractivity contribution in [2.75, 3.05) is 17.3 Å². The molecule has 0 unspecified atom stereocenters. The molecule has 2 heterocycles. The molecule has 3 aromatic rings. The van der Waals surface area contributed by atoms with Crippen molar-refractivity contribution < 1.29 is 17.8 Å². The molecule has 0 atom stereocenters. The van der Waals surface area contributed by atoms with Gasteiger partial charge in [0.05, 0.1) is 22.7 Å². The lowest BCUT2D eigenvalue weighted by Crippen LogP contribution is -2.26. The molecule has 0 saturated heterocycles. The van der Waals surface area contributed by atoms with Crippen LogP contribution in [0.3, 0.4) is 0 Å². The molecule has 9 heteroatoms. The number of aromatic nitrogens is 2. The molecule has 0 aliphatic carbocycles. The number of likely N-dealkylation sites (N-methyl/N-ethyl adjacent to an activating group) is 1. The van der Waals surface area contributed by atoms with Gasteiger partial charge in [0.1, 0.15) is 0 Å². The lowest BCUT2D eigenvalue weighted by molar-refractivity contribution is -0.117. The predicted molar refractivity (Wildman–Crippen MR) is 104 cm³/mol. The SMILES string of the molecule is CN1C(=O)Cc2cnc(Nc3ccc(S(=O)(=O)O)cc3)nc2-c2ccccc21. The summed E-state index contributed by atoms with van der Waals surface area (Å²) in [5.41, 5.74) is 3.56. The Kier molecular flexibility index (Phi) is 4.33. The molecular formula is C19H16N4O4S. The van der Waals surface area contributed by atoms with Gasteiger partial charge in [-0.1, -0.05) is 18.2 Å². The molecule has 0 fully saturated rings. The van der Waals surface area contributed by atoms with Crippen LogP contribution in [0.5, 0.6) is 0 Å². The fourth-order valence-electron chi connectivity index (χ4n) is 3.05. The number of hydrogen-bond acceptors (Lipinski definition) is 6.